The van der Waals surface area contributed by atoms with Crippen molar-refractivity contribution in [2.45, 2.75) is 0 Å². The average molecular weight is 149 g/mol. The largest absolute Gasteiger partial charge is 0.504 e. The van der Waals surface area contributed by atoms with Crippen LogP contribution < -0.4 is 11.5 Å². The molecule has 0 unspecified atom stereocenters. The summed E-state index contributed by atoms with van der Waals surface area (Å²) in [7, 11) is 0. The molecule has 0 aliphatic carbocycles. The first-order valence-corrected chi connectivity index (χ1v) is 2.93. The van der Waals surface area contributed by atoms with Crippen LogP contribution in [0.1, 0.15) is 5.56 Å². The van der Waals surface area contributed by atoms with Crippen molar-refractivity contribution >= 4 is 11.4 Å². The van der Waals surface area contributed by atoms with Gasteiger partial charge in [0.1, 0.15) is 0 Å². The van der Waals surface area contributed by atoms with E-state index in [1.807, 2.05) is 6.07 Å². The Balaban J connectivity index is 3.35. The van der Waals surface area contributed by atoms with Gasteiger partial charge < -0.3 is 16.6 Å². The van der Waals surface area contributed by atoms with Crippen LogP contribution in [0.5, 0.6) is 5.75 Å². The van der Waals surface area contributed by atoms with Crippen LogP contribution in [0.4, 0.5) is 11.4 Å². The molecular weight excluding hydrogens is 142 g/mol. The van der Waals surface area contributed by atoms with E-state index >= 15 is 0 Å². The summed E-state index contributed by atoms with van der Waals surface area (Å²) in [6.07, 6.45) is 0. The molecule has 0 bridgehead atoms. The van der Waals surface area contributed by atoms with E-state index in [0.29, 0.717) is 5.56 Å². The highest BCUT2D eigenvalue weighted by atomic mass is 16.3. The molecule has 56 valence electrons. The summed E-state index contributed by atoms with van der Waals surface area (Å²) in [4.78, 5) is 0. The number of nitrogens with two attached hydrogens (primary N) is 2. The van der Waals surface area contributed by atoms with E-state index in [0.717, 1.165) is 0 Å². The van der Waals surface area contributed by atoms with Gasteiger partial charge in [0, 0.05) is 0 Å². The number of benzene rings is 1. The van der Waals surface area contributed by atoms with Crippen molar-refractivity contribution in [2.24, 2.45) is 0 Å². The Labute approximate surface area is 63.7 Å². The topological polar surface area (TPSA) is 96.1 Å². The third-order valence-electron chi connectivity index (χ3n) is 1.30. The number of nitrogen functional groups attached to an aromatic ring is 2. The second-order valence-electron chi connectivity index (χ2n) is 2.12. The number of rotatable bonds is 0. The number of hydrogen-bond acceptors (Lipinski definition) is 4. The molecule has 0 spiro atoms. The Bertz CT molecular complexity index is 304. The van der Waals surface area contributed by atoms with Gasteiger partial charge >= 0.3 is 0 Å². The lowest BCUT2D eigenvalue weighted by atomic mass is 10.2. The summed E-state index contributed by atoms with van der Waals surface area (Å²) < 4.78 is 0. The molecular formula is C7H7N3O. The van der Waals surface area contributed by atoms with Crippen molar-refractivity contribution in [3.8, 4) is 11.8 Å². The van der Waals surface area contributed by atoms with Gasteiger partial charge in [0.05, 0.1) is 23.0 Å². The third kappa shape index (κ3) is 1.17. The quantitative estimate of drug-likeness (QED) is 0.368. The number of phenols is 1. The van der Waals surface area contributed by atoms with Gasteiger partial charge in [-0.05, 0) is 12.1 Å². The number of phenolic OH excluding ortho intramolecular Hbond substituents is 1. The molecule has 5 N–H and O–H groups in total. The summed E-state index contributed by atoms with van der Waals surface area (Å²) in [6, 6.07) is 4.60. The van der Waals surface area contributed by atoms with E-state index in [4.69, 9.17) is 21.8 Å². The first-order valence-electron chi connectivity index (χ1n) is 2.93. The lowest BCUT2D eigenvalue weighted by molar-refractivity contribution is 0.480. The minimum Gasteiger partial charge on any atom is -0.504 e. The molecule has 0 saturated carbocycles. The van der Waals surface area contributed by atoms with Crippen LogP contribution in [0.2, 0.25) is 0 Å². The third-order valence-corrected chi connectivity index (χ3v) is 1.30. The molecule has 0 aliphatic rings. The summed E-state index contributed by atoms with van der Waals surface area (Å²) >= 11 is 0. The van der Waals surface area contributed by atoms with Gasteiger partial charge in [0.25, 0.3) is 0 Å². The van der Waals surface area contributed by atoms with Crippen LogP contribution in [0.3, 0.4) is 0 Å². The Morgan fingerprint density at radius 3 is 2.09 bits per heavy atom. The Kier molecular flexibility index (Phi) is 1.57. The van der Waals surface area contributed by atoms with Crippen molar-refractivity contribution in [3.05, 3.63) is 17.7 Å². The molecule has 0 aliphatic heterocycles. The van der Waals surface area contributed by atoms with Crippen molar-refractivity contribution in [1.29, 1.82) is 5.26 Å². The van der Waals surface area contributed by atoms with Gasteiger partial charge in [0.15, 0.2) is 5.75 Å². The zero-order valence-corrected chi connectivity index (χ0v) is 5.70. The normalized spacial score (nSPS) is 9.00. The molecule has 1 aromatic rings. The van der Waals surface area contributed by atoms with Gasteiger partial charge in [-0.3, -0.25) is 0 Å². The molecule has 1 aromatic carbocycles. The molecule has 0 atom stereocenters. The van der Waals surface area contributed by atoms with Gasteiger partial charge in [-0.2, -0.15) is 5.26 Å². The maximum atomic E-state index is 9.07. The summed E-state index contributed by atoms with van der Waals surface area (Å²) in [5.74, 6) is -0.163. The molecule has 4 heteroatoms. The van der Waals surface area contributed by atoms with Crippen LogP contribution >= 0.6 is 0 Å². The zero-order chi connectivity index (χ0) is 8.43. The van der Waals surface area contributed by atoms with E-state index < -0.39 is 0 Å². The number of hydrogen-bond donors (Lipinski definition) is 3. The number of aromatic hydroxyl groups is 1. The molecule has 0 saturated heterocycles. The van der Waals surface area contributed by atoms with Crippen LogP contribution in [0.15, 0.2) is 12.1 Å². The highest BCUT2D eigenvalue weighted by molar-refractivity contribution is 5.69. The number of nitrogens with zero attached hydrogens (tertiary/aromatic N) is 1. The second kappa shape index (κ2) is 2.39. The minimum atomic E-state index is -0.163. The van der Waals surface area contributed by atoms with E-state index in [-0.39, 0.29) is 17.1 Å². The predicted molar refractivity (Wildman–Crippen MR) is 41.6 cm³/mol. The van der Waals surface area contributed by atoms with Crippen molar-refractivity contribution in [3.63, 3.8) is 0 Å². The fourth-order valence-electron chi connectivity index (χ4n) is 0.745. The number of nitriles is 1. The molecule has 4 nitrogen and oxygen atoms in total. The van der Waals surface area contributed by atoms with Crippen molar-refractivity contribution in [1.82, 2.24) is 0 Å². The highest BCUT2D eigenvalue weighted by Gasteiger charge is 2.03. The summed E-state index contributed by atoms with van der Waals surface area (Å²) in [5.41, 5.74) is 11.2. The predicted octanol–water partition coefficient (Wildman–Crippen LogP) is 0.428. The summed E-state index contributed by atoms with van der Waals surface area (Å²) in [5, 5.41) is 17.5. The molecule has 11 heavy (non-hydrogen) atoms. The van der Waals surface area contributed by atoms with E-state index in [2.05, 4.69) is 0 Å². The molecule has 0 heterocycles. The van der Waals surface area contributed by atoms with Crippen LogP contribution in [0, 0.1) is 11.3 Å². The minimum absolute atomic E-state index is 0.126. The van der Waals surface area contributed by atoms with Crippen molar-refractivity contribution in [2.75, 3.05) is 11.5 Å². The van der Waals surface area contributed by atoms with Crippen LogP contribution in [-0.2, 0) is 0 Å². The van der Waals surface area contributed by atoms with Gasteiger partial charge in [-0.25, -0.2) is 0 Å². The SMILES string of the molecule is N#Cc1cc(N)c(O)c(N)c1. The lowest BCUT2D eigenvalue weighted by Gasteiger charge is -2.01. The smallest absolute Gasteiger partial charge is 0.161 e. The first kappa shape index (κ1) is 7.22. The average Bonchev–Trinajstić information content (AvgIpc) is 1.99. The summed E-state index contributed by atoms with van der Waals surface area (Å²) in [6.45, 7) is 0. The fraction of sp³-hybridized carbons (Fsp3) is 0. The van der Waals surface area contributed by atoms with Gasteiger partial charge in [-0.15, -0.1) is 0 Å². The Morgan fingerprint density at radius 1 is 1.27 bits per heavy atom. The zero-order valence-electron chi connectivity index (χ0n) is 5.70. The lowest BCUT2D eigenvalue weighted by Crippen LogP contribution is -1.93. The monoisotopic (exact) mass is 149 g/mol. The fourth-order valence-corrected chi connectivity index (χ4v) is 0.745. The standard InChI is InChI=1S/C7H7N3O/c8-3-4-1-5(9)7(11)6(10)2-4/h1-2,11H,9-10H2. The van der Waals surface area contributed by atoms with E-state index in [1.54, 1.807) is 0 Å². The molecule has 0 aromatic heterocycles. The first-order chi connectivity index (χ1) is 5.15. The van der Waals surface area contributed by atoms with Gasteiger partial charge in [0.2, 0.25) is 0 Å². The highest BCUT2D eigenvalue weighted by Crippen LogP contribution is 2.28. The Morgan fingerprint density at radius 2 is 1.73 bits per heavy atom. The molecule has 0 radical (unpaired) electrons. The molecule has 0 fully saturated rings. The van der Waals surface area contributed by atoms with Crippen LogP contribution in [0.25, 0.3) is 0 Å². The van der Waals surface area contributed by atoms with E-state index in [9.17, 15) is 0 Å². The number of anilines is 2. The maximum absolute atomic E-state index is 9.07. The van der Waals surface area contributed by atoms with Crippen LogP contribution in [-0.4, -0.2) is 5.11 Å². The Hall–Kier alpha value is -1.89. The van der Waals surface area contributed by atoms with Gasteiger partial charge in [-0.1, -0.05) is 0 Å². The molecule has 0 amide bonds. The van der Waals surface area contributed by atoms with E-state index in [1.165, 1.54) is 12.1 Å². The second-order valence-corrected chi connectivity index (χ2v) is 2.12. The molecule has 1 rings (SSSR count). The van der Waals surface area contributed by atoms with Crippen molar-refractivity contribution < 1.29 is 5.11 Å². The maximum Gasteiger partial charge on any atom is 0.161 e.